The lowest BCUT2D eigenvalue weighted by molar-refractivity contribution is -0.133. The molecule has 0 aliphatic carbocycles. The topological polar surface area (TPSA) is 59.5 Å². The lowest BCUT2D eigenvalue weighted by Crippen LogP contribution is -2.36. The predicted octanol–water partition coefficient (Wildman–Crippen LogP) is 1.18. The fourth-order valence-electron chi connectivity index (χ4n) is 1.48. The Morgan fingerprint density at radius 2 is 2.25 bits per heavy atom. The van der Waals surface area contributed by atoms with Crippen molar-refractivity contribution >= 4 is 5.91 Å². The van der Waals surface area contributed by atoms with E-state index in [2.05, 4.69) is 0 Å². The molecule has 90 valence electrons. The van der Waals surface area contributed by atoms with Gasteiger partial charge in [0.2, 0.25) is 5.91 Å². The molecule has 0 aliphatic rings. The van der Waals surface area contributed by atoms with Gasteiger partial charge in [-0.2, -0.15) is 0 Å². The molecule has 1 aromatic heterocycles. The van der Waals surface area contributed by atoms with E-state index in [-0.39, 0.29) is 11.8 Å². The van der Waals surface area contributed by atoms with Crippen molar-refractivity contribution in [2.75, 3.05) is 20.1 Å². The van der Waals surface area contributed by atoms with Crippen molar-refractivity contribution in [2.24, 2.45) is 11.7 Å². The average Bonchev–Trinajstić information content (AvgIpc) is 2.69. The lowest BCUT2D eigenvalue weighted by atomic mass is 10.1. The summed E-state index contributed by atoms with van der Waals surface area (Å²) in [6, 6.07) is 3.87. The summed E-state index contributed by atoms with van der Waals surface area (Å²) >= 11 is 0. The zero-order chi connectivity index (χ0) is 12.1. The van der Waals surface area contributed by atoms with Crippen LogP contribution in [0.4, 0.5) is 0 Å². The Morgan fingerprint density at radius 1 is 1.56 bits per heavy atom. The molecule has 2 N–H and O–H groups in total. The van der Waals surface area contributed by atoms with Crippen molar-refractivity contribution in [3.05, 3.63) is 23.7 Å². The van der Waals surface area contributed by atoms with Gasteiger partial charge in [0.05, 0.1) is 0 Å². The van der Waals surface area contributed by atoms with Gasteiger partial charge in [-0.25, -0.2) is 0 Å². The minimum Gasteiger partial charge on any atom is -0.466 e. The maximum Gasteiger partial charge on any atom is 0.226 e. The van der Waals surface area contributed by atoms with Crippen LogP contribution in [-0.4, -0.2) is 30.9 Å². The molecule has 0 aromatic carbocycles. The van der Waals surface area contributed by atoms with Crippen LogP contribution in [0.2, 0.25) is 0 Å². The number of aryl methyl sites for hydroxylation is 1. The van der Waals surface area contributed by atoms with Crippen molar-refractivity contribution in [3.63, 3.8) is 0 Å². The van der Waals surface area contributed by atoms with Gasteiger partial charge in [0.1, 0.15) is 11.5 Å². The quantitative estimate of drug-likeness (QED) is 0.817. The summed E-state index contributed by atoms with van der Waals surface area (Å²) in [5.74, 6) is 1.80. The number of nitrogens with two attached hydrogens (primary N) is 1. The molecule has 0 spiro atoms. The van der Waals surface area contributed by atoms with Crippen LogP contribution < -0.4 is 5.73 Å². The van der Waals surface area contributed by atoms with Gasteiger partial charge < -0.3 is 15.1 Å². The van der Waals surface area contributed by atoms with Crippen LogP contribution in [-0.2, 0) is 11.2 Å². The molecule has 4 heteroatoms. The van der Waals surface area contributed by atoms with Gasteiger partial charge in [-0.3, -0.25) is 4.79 Å². The first-order valence-corrected chi connectivity index (χ1v) is 5.55. The number of hydrogen-bond acceptors (Lipinski definition) is 3. The van der Waals surface area contributed by atoms with E-state index in [9.17, 15) is 4.79 Å². The number of carbonyl (C=O) groups excluding carboxylic acids is 1. The molecule has 0 saturated heterocycles. The van der Waals surface area contributed by atoms with Crippen molar-refractivity contribution < 1.29 is 9.21 Å². The predicted molar refractivity (Wildman–Crippen MR) is 63.0 cm³/mol. The van der Waals surface area contributed by atoms with Crippen LogP contribution in [0.5, 0.6) is 0 Å². The van der Waals surface area contributed by atoms with E-state index in [4.69, 9.17) is 10.2 Å². The summed E-state index contributed by atoms with van der Waals surface area (Å²) in [6.45, 7) is 4.81. The third-order valence-electron chi connectivity index (χ3n) is 2.64. The molecular formula is C12H20N2O2. The SMILES string of the molecule is Cc1ccc(CCN(C)C(=O)C(C)CN)o1. The monoisotopic (exact) mass is 224 g/mol. The molecule has 16 heavy (non-hydrogen) atoms. The second-order valence-electron chi connectivity index (χ2n) is 4.16. The molecule has 1 rings (SSSR count). The molecule has 0 aliphatic heterocycles. The van der Waals surface area contributed by atoms with Gasteiger partial charge >= 0.3 is 0 Å². The smallest absolute Gasteiger partial charge is 0.226 e. The van der Waals surface area contributed by atoms with Crippen LogP contribution in [0.25, 0.3) is 0 Å². The van der Waals surface area contributed by atoms with Crippen molar-refractivity contribution in [2.45, 2.75) is 20.3 Å². The number of nitrogens with zero attached hydrogens (tertiary/aromatic N) is 1. The molecule has 1 atom stereocenters. The van der Waals surface area contributed by atoms with Crippen LogP contribution in [0, 0.1) is 12.8 Å². The second-order valence-corrected chi connectivity index (χ2v) is 4.16. The molecule has 1 aromatic rings. The summed E-state index contributed by atoms with van der Waals surface area (Å²) in [5.41, 5.74) is 5.46. The normalized spacial score (nSPS) is 12.5. The van der Waals surface area contributed by atoms with Gasteiger partial charge in [0.25, 0.3) is 0 Å². The molecule has 1 heterocycles. The van der Waals surface area contributed by atoms with Gasteiger partial charge in [-0.05, 0) is 19.1 Å². The number of amides is 1. The van der Waals surface area contributed by atoms with E-state index in [1.165, 1.54) is 0 Å². The summed E-state index contributed by atoms with van der Waals surface area (Å²) in [5, 5.41) is 0. The highest BCUT2D eigenvalue weighted by Crippen LogP contribution is 2.08. The number of carbonyl (C=O) groups is 1. The fourth-order valence-corrected chi connectivity index (χ4v) is 1.48. The third kappa shape index (κ3) is 3.38. The van der Waals surface area contributed by atoms with Crippen LogP contribution >= 0.6 is 0 Å². The first kappa shape index (κ1) is 12.8. The molecule has 4 nitrogen and oxygen atoms in total. The molecule has 1 amide bonds. The van der Waals surface area contributed by atoms with Gasteiger partial charge in [0, 0.05) is 32.5 Å². The molecular weight excluding hydrogens is 204 g/mol. The Kier molecular flexibility index (Phi) is 4.55. The van der Waals surface area contributed by atoms with Crippen LogP contribution in [0.15, 0.2) is 16.5 Å². The zero-order valence-electron chi connectivity index (χ0n) is 10.2. The van der Waals surface area contributed by atoms with E-state index in [1.807, 2.05) is 26.0 Å². The standard InChI is InChI=1S/C12H20N2O2/c1-9(8-13)12(15)14(3)7-6-11-5-4-10(2)16-11/h4-5,9H,6-8,13H2,1-3H3. The number of rotatable bonds is 5. The lowest BCUT2D eigenvalue weighted by Gasteiger charge is -2.19. The Bertz CT molecular complexity index is 347. The van der Waals surface area contributed by atoms with Crippen LogP contribution in [0.3, 0.4) is 0 Å². The van der Waals surface area contributed by atoms with E-state index in [0.717, 1.165) is 17.9 Å². The number of furan rings is 1. The molecule has 0 saturated carbocycles. The molecule has 0 radical (unpaired) electrons. The van der Waals surface area contributed by atoms with E-state index in [1.54, 1.807) is 11.9 Å². The summed E-state index contributed by atoms with van der Waals surface area (Å²) in [4.78, 5) is 13.4. The molecule has 1 unspecified atom stereocenters. The Morgan fingerprint density at radius 3 is 2.75 bits per heavy atom. The average molecular weight is 224 g/mol. The highest BCUT2D eigenvalue weighted by Gasteiger charge is 2.15. The minimum atomic E-state index is -0.108. The Balaban J connectivity index is 2.40. The van der Waals surface area contributed by atoms with Crippen LogP contribution in [0.1, 0.15) is 18.4 Å². The molecule has 0 bridgehead atoms. The summed E-state index contributed by atoms with van der Waals surface area (Å²) < 4.78 is 5.44. The fraction of sp³-hybridized carbons (Fsp3) is 0.583. The largest absolute Gasteiger partial charge is 0.466 e. The first-order chi connectivity index (χ1) is 7.54. The van der Waals surface area contributed by atoms with Crippen molar-refractivity contribution in [1.82, 2.24) is 4.90 Å². The van der Waals surface area contributed by atoms with Gasteiger partial charge in [0.15, 0.2) is 0 Å². The summed E-state index contributed by atoms with van der Waals surface area (Å²) in [7, 11) is 1.80. The highest BCUT2D eigenvalue weighted by molar-refractivity contribution is 5.78. The minimum absolute atomic E-state index is 0.0887. The number of hydrogen-bond donors (Lipinski definition) is 1. The van der Waals surface area contributed by atoms with E-state index >= 15 is 0 Å². The van der Waals surface area contributed by atoms with Gasteiger partial charge in [-0.1, -0.05) is 6.92 Å². The molecule has 0 fully saturated rings. The highest BCUT2D eigenvalue weighted by atomic mass is 16.3. The first-order valence-electron chi connectivity index (χ1n) is 5.55. The maximum absolute atomic E-state index is 11.7. The summed E-state index contributed by atoms with van der Waals surface area (Å²) in [6.07, 6.45) is 0.743. The van der Waals surface area contributed by atoms with E-state index < -0.39 is 0 Å². The maximum atomic E-state index is 11.7. The van der Waals surface area contributed by atoms with E-state index in [0.29, 0.717) is 13.1 Å². The Hall–Kier alpha value is -1.29. The third-order valence-corrected chi connectivity index (χ3v) is 2.64. The Labute approximate surface area is 96.4 Å². The zero-order valence-corrected chi connectivity index (χ0v) is 10.2. The van der Waals surface area contributed by atoms with Gasteiger partial charge in [-0.15, -0.1) is 0 Å². The van der Waals surface area contributed by atoms with Crippen molar-refractivity contribution in [3.8, 4) is 0 Å². The second kappa shape index (κ2) is 5.70. The number of likely N-dealkylation sites (N-methyl/N-ethyl adjacent to an activating group) is 1. The van der Waals surface area contributed by atoms with Crippen molar-refractivity contribution in [1.29, 1.82) is 0 Å².